The number of aliphatic hydroxyl groups excluding tert-OH is 1. The molecule has 0 bridgehead atoms. The van der Waals surface area contributed by atoms with Gasteiger partial charge in [-0.25, -0.2) is 4.79 Å². The largest absolute Gasteiger partial charge is 0.394 e. The van der Waals surface area contributed by atoms with E-state index < -0.39 is 6.10 Å². The third-order valence-electron chi connectivity index (χ3n) is 5.44. The lowest BCUT2D eigenvalue weighted by Crippen LogP contribution is -2.52. The van der Waals surface area contributed by atoms with E-state index in [1.54, 1.807) is 24.3 Å². The van der Waals surface area contributed by atoms with E-state index in [2.05, 4.69) is 16.0 Å². The van der Waals surface area contributed by atoms with Crippen molar-refractivity contribution in [3.8, 4) is 0 Å². The summed E-state index contributed by atoms with van der Waals surface area (Å²) in [5.74, 6) is 0.321. The number of halogens is 1. The molecule has 28 heavy (non-hydrogen) atoms. The monoisotopic (exact) mass is 409 g/mol. The molecule has 1 saturated heterocycles. The van der Waals surface area contributed by atoms with Gasteiger partial charge in [-0.1, -0.05) is 24.1 Å². The predicted molar refractivity (Wildman–Crippen MR) is 107 cm³/mol. The molecule has 3 amide bonds. The number of benzene rings is 1. The molecule has 7 nitrogen and oxygen atoms in total. The van der Waals surface area contributed by atoms with Crippen LogP contribution in [0.2, 0.25) is 5.02 Å². The van der Waals surface area contributed by atoms with E-state index in [9.17, 15) is 14.7 Å². The van der Waals surface area contributed by atoms with E-state index >= 15 is 0 Å². The third kappa shape index (κ3) is 5.83. The smallest absolute Gasteiger partial charge is 0.319 e. The number of aliphatic hydroxyl groups is 1. The van der Waals surface area contributed by atoms with Gasteiger partial charge in [0.15, 0.2) is 0 Å². The van der Waals surface area contributed by atoms with Crippen LogP contribution in [0.3, 0.4) is 0 Å². The zero-order valence-corrected chi connectivity index (χ0v) is 16.6. The highest BCUT2D eigenvalue weighted by Gasteiger charge is 2.32. The first-order chi connectivity index (χ1) is 13.5. The van der Waals surface area contributed by atoms with Crippen molar-refractivity contribution in [2.45, 2.75) is 56.8 Å². The normalized spacial score (nSPS) is 24.9. The maximum atomic E-state index is 12.2. The minimum Gasteiger partial charge on any atom is -0.394 e. The molecule has 154 valence electrons. The Morgan fingerprint density at radius 1 is 1.21 bits per heavy atom. The second-order valence-corrected chi connectivity index (χ2v) is 7.92. The summed E-state index contributed by atoms with van der Waals surface area (Å²) < 4.78 is 5.94. The van der Waals surface area contributed by atoms with Crippen molar-refractivity contribution in [1.82, 2.24) is 10.6 Å². The van der Waals surface area contributed by atoms with Crippen molar-refractivity contribution in [3.63, 3.8) is 0 Å². The molecule has 3 atom stereocenters. The average molecular weight is 410 g/mol. The first-order valence-corrected chi connectivity index (χ1v) is 10.3. The lowest BCUT2D eigenvalue weighted by molar-refractivity contribution is -0.127. The van der Waals surface area contributed by atoms with E-state index in [-0.39, 0.29) is 36.6 Å². The number of carbonyl (C=O) groups excluding carboxylic acids is 2. The maximum Gasteiger partial charge on any atom is 0.319 e. The average Bonchev–Trinajstić information content (AvgIpc) is 2.61. The van der Waals surface area contributed by atoms with Crippen molar-refractivity contribution in [1.29, 1.82) is 0 Å². The fourth-order valence-corrected chi connectivity index (χ4v) is 3.77. The fraction of sp³-hybridized carbons (Fsp3) is 0.600. The summed E-state index contributed by atoms with van der Waals surface area (Å²) in [7, 11) is 0. The molecule has 1 saturated carbocycles. The van der Waals surface area contributed by atoms with Crippen LogP contribution in [-0.2, 0) is 9.53 Å². The molecule has 0 aromatic heterocycles. The Morgan fingerprint density at radius 3 is 2.71 bits per heavy atom. The zero-order valence-electron chi connectivity index (χ0n) is 15.8. The number of amides is 3. The molecular weight excluding hydrogens is 382 g/mol. The molecule has 4 N–H and O–H groups in total. The summed E-state index contributed by atoms with van der Waals surface area (Å²) in [6.45, 7) is 0.401. The standard InChI is InChI=1S/C20H28ClN3O4/c21-14-5-2-6-15(11-14)23-20(27)24-17-8-7-16(28-18(17)12-25)9-10-22-19(26)13-3-1-4-13/h2,5-6,11,13,16-18,25H,1,3-4,7-10,12H2,(H,22,26)(H2,23,24,27)/t16-,17+,18-/m0/s1. The molecule has 1 heterocycles. The number of hydrogen-bond acceptors (Lipinski definition) is 4. The molecule has 1 aromatic carbocycles. The van der Waals surface area contributed by atoms with Crippen LogP contribution in [0, 0.1) is 5.92 Å². The summed E-state index contributed by atoms with van der Waals surface area (Å²) in [5.41, 5.74) is 0.599. The highest BCUT2D eigenvalue weighted by atomic mass is 35.5. The van der Waals surface area contributed by atoms with E-state index in [4.69, 9.17) is 16.3 Å². The quantitative estimate of drug-likeness (QED) is 0.556. The number of carbonyl (C=O) groups is 2. The molecule has 3 rings (SSSR count). The second kappa shape index (κ2) is 10.1. The second-order valence-electron chi connectivity index (χ2n) is 7.48. The summed E-state index contributed by atoms with van der Waals surface area (Å²) in [6, 6.07) is 6.27. The Kier molecular flexibility index (Phi) is 7.53. The number of urea groups is 1. The Morgan fingerprint density at radius 2 is 2.04 bits per heavy atom. The van der Waals surface area contributed by atoms with E-state index in [1.807, 2.05) is 0 Å². The first-order valence-electron chi connectivity index (χ1n) is 9.92. The van der Waals surface area contributed by atoms with Crippen LogP contribution in [0.25, 0.3) is 0 Å². The summed E-state index contributed by atoms with van der Waals surface area (Å²) in [4.78, 5) is 24.1. The van der Waals surface area contributed by atoms with Gasteiger partial charge in [0.05, 0.1) is 18.8 Å². The van der Waals surface area contributed by atoms with Gasteiger partial charge in [0.2, 0.25) is 5.91 Å². The van der Waals surface area contributed by atoms with Crippen LogP contribution in [-0.4, -0.2) is 48.4 Å². The van der Waals surface area contributed by atoms with Crippen LogP contribution in [0.15, 0.2) is 24.3 Å². The van der Waals surface area contributed by atoms with Crippen LogP contribution < -0.4 is 16.0 Å². The van der Waals surface area contributed by atoms with Gasteiger partial charge in [-0.05, 0) is 50.3 Å². The molecule has 1 aliphatic heterocycles. The van der Waals surface area contributed by atoms with Crippen molar-refractivity contribution in [3.05, 3.63) is 29.3 Å². The van der Waals surface area contributed by atoms with Crippen LogP contribution in [0.1, 0.15) is 38.5 Å². The molecule has 2 fully saturated rings. The topological polar surface area (TPSA) is 99.7 Å². The van der Waals surface area contributed by atoms with Crippen molar-refractivity contribution in [2.75, 3.05) is 18.5 Å². The number of hydrogen-bond donors (Lipinski definition) is 4. The van der Waals surface area contributed by atoms with Crippen LogP contribution in [0.5, 0.6) is 0 Å². The summed E-state index contributed by atoms with van der Waals surface area (Å²) in [6.07, 6.45) is 4.79. The minimum atomic E-state index is -0.466. The Hall–Kier alpha value is -1.83. The van der Waals surface area contributed by atoms with Crippen molar-refractivity contribution in [2.24, 2.45) is 5.92 Å². The number of anilines is 1. The van der Waals surface area contributed by atoms with E-state index in [0.29, 0.717) is 30.1 Å². The van der Waals surface area contributed by atoms with Gasteiger partial charge in [0, 0.05) is 23.2 Å². The Labute approximate surface area is 170 Å². The zero-order chi connectivity index (χ0) is 19.9. The van der Waals surface area contributed by atoms with Gasteiger partial charge < -0.3 is 25.8 Å². The Balaban J connectivity index is 1.40. The Bertz CT molecular complexity index is 683. The van der Waals surface area contributed by atoms with Crippen LogP contribution in [0.4, 0.5) is 10.5 Å². The van der Waals surface area contributed by atoms with Gasteiger partial charge in [0.1, 0.15) is 6.10 Å². The van der Waals surface area contributed by atoms with E-state index in [0.717, 1.165) is 25.7 Å². The first kappa shape index (κ1) is 20.9. The predicted octanol–water partition coefficient (Wildman–Crippen LogP) is 2.68. The van der Waals surface area contributed by atoms with Gasteiger partial charge in [-0.3, -0.25) is 4.79 Å². The lowest BCUT2D eigenvalue weighted by atomic mass is 9.85. The van der Waals surface area contributed by atoms with Crippen LogP contribution >= 0.6 is 11.6 Å². The molecule has 0 radical (unpaired) electrons. The van der Waals surface area contributed by atoms with Crippen molar-refractivity contribution >= 4 is 29.2 Å². The molecule has 1 aliphatic carbocycles. The van der Waals surface area contributed by atoms with E-state index in [1.165, 1.54) is 0 Å². The molecule has 0 spiro atoms. The SMILES string of the molecule is O=C(Nc1cccc(Cl)c1)N[C@@H]1CC[C@@H](CCNC(=O)C2CCC2)O[C@H]1CO. The molecule has 8 heteroatoms. The highest BCUT2D eigenvalue weighted by molar-refractivity contribution is 6.30. The van der Waals surface area contributed by atoms with Gasteiger partial charge >= 0.3 is 6.03 Å². The van der Waals surface area contributed by atoms with Crippen molar-refractivity contribution < 1.29 is 19.4 Å². The highest BCUT2D eigenvalue weighted by Crippen LogP contribution is 2.26. The van der Waals surface area contributed by atoms with Gasteiger partial charge in [-0.2, -0.15) is 0 Å². The third-order valence-corrected chi connectivity index (χ3v) is 5.67. The fourth-order valence-electron chi connectivity index (χ4n) is 3.58. The summed E-state index contributed by atoms with van der Waals surface area (Å²) in [5, 5.41) is 18.8. The maximum absolute atomic E-state index is 12.2. The molecule has 1 aromatic rings. The van der Waals surface area contributed by atoms with Gasteiger partial charge in [-0.15, -0.1) is 0 Å². The number of rotatable bonds is 7. The van der Waals surface area contributed by atoms with Gasteiger partial charge in [0.25, 0.3) is 0 Å². The lowest BCUT2D eigenvalue weighted by Gasteiger charge is -2.36. The molecule has 0 unspecified atom stereocenters. The molecule has 2 aliphatic rings. The minimum absolute atomic E-state index is 0.0344. The summed E-state index contributed by atoms with van der Waals surface area (Å²) >= 11 is 5.92. The number of nitrogens with one attached hydrogen (secondary N) is 3. The number of ether oxygens (including phenoxy) is 1. The molecular formula is C20H28ClN3O4.